The molecule has 2 aromatic heterocycles. The van der Waals surface area contributed by atoms with E-state index in [0.29, 0.717) is 10.6 Å². The summed E-state index contributed by atoms with van der Waals surface area (Å²) in [6.07, 6.45) is 6.82. The van der Waals surface area contributed by atoms with Crippen molar-refractivity contribution in [1.82, 2.24) is 14.9 Å². The van der Waals surface area contributed by atoms with Crippen LogP contribution in [-0.2, 0) is 0 Å². The first kappa shape index (κ1) is 15.0. The zero-order valence-corrected chi connectivity index (χ0v) is 13.2. The summed E-state index contributed by atoms with van der Waals surface area (Å²) in [5.74, 6) is 2.15. The number of nitrogens with zero attached hydrogens (tertiary/aromatic N) is 3. The molecule has 0 saturated carbocycles. The lowest BCUT2D eigenvalue weighted by atomic mass is 10.2. The fourth-order valence-electron chi connectivity index (χ4n) is 1.95. The van der Waals surface area contributed by atoms with E-state index >= 15 is 0 Å². The monoisotopic (exact) mass is 326 g/mol. The molecule has 3 aromatic rings. The first-order valence-corrected chi connectivity index (χ1v) is 7.25. The number of benzene rings is 1. The molecule has 6 nitrogen and oxygen atoms in total. The summed E-state index contributed by atoms with van der Waals surface area (Å²) >= 11 is 5.21. The standard InChI is InChI=1S/C16H14N4O2S/c1-21-13-8-6-12(7-9-13)15-18-19-16(23)20(15)17-10-2-4-14-5-3-11-22-14/h2-11H,1H3,(H,19,23)/b4-2+,17-10-. The van der Waals surface area contributed by atoms with Gasteiger partial charge in [-0.05, 0) is 60.8 Å². The molecule has 0 bridgehead atoms. The van der Waals surface area contributed by atoms with E-state index < -0.39 is 0 Å². The van der Waals surface area contributed by atoms with Gasteiger partial charge in [-0.2, -0.15) is 14.9 Å². The van der Waals surface area contributed by atoms with Gasteiger partial charge < -0.3 is 9.15 Å². The van der Waals surface area contributed by atoms with Crippen molar-refractivity contribution >= 4 is 24.5 Å². The van der Waals surface area contributed by atoms with Crippen LogP contribution < -0.4 is 4.74 Å². The molecule has 0 aliphatic rings. The van der Waals surface area contributed by atoms with Crippen LogP contribution in [0.3, 0.4) is 0 Å². The Morgan fingerprint density at radius 1 is 1.30 bits per heavy atom. The third-order valence-corrected chi connectivity index (χ3v) is 3.33. The fraction of sp³-hybridized carbons (Fsp3) is 0.0625. The molecule has 0 unspecified atom stereocenters. The summed E-state index contributed by atoms with van der Waals surface area (Å²) in [4.78, 5) is 0. The fourth-order valence-corrected chi connectivity index (χ4v) is 2.13. The molecule has 2 heterocycles. The zero-order valence-electron chi connectivity index (χ0n) is 12.3. The van der Waals surface area contributed by atoms with E-state index in [2.05, 4.69) is 15.3 Å². The average molecular weight is 326 g/mol. The Hall–Kier alpha value is -2.93. The number of methoxy groups -OCH3 is 1. The van der Waals surface area contributed by atoms with Crippen LogP contribution in [0.5, 0.6) is 5.75 Å². The van der Waals surface area contributed by atoms with Crippen LogP contribution >= 0.6 is 12.2 Å². The van der Waals surface area contributed by atoms with Crippen molar-refractivity contribution in [2.75, 3.05) is 7.11 Å². The molecule has 0 amide bonds. The lowest BCUT2D eigenvalue weighted by molar-refractivity contribution is 0.415. The predicted molar refractivity (Wildman–Crippen MR) is 91.0 cm³/mol. The number of furan rings is 1. The number of ether oxygens (including phenoxy) is 1. The summed E-state index contributed by atoms with van der Waals surface area (Å²) in [6.45, 7) is 0. The van der Waals surface area contributed by atoms with Crippen molar-refractivity contribution in [2.45, 2.75) is 0 Å². The van der Waals surface area contributed by atoms with Crippen LogP contribution in [0.15, 0.2) is 58.3 Å². The van der Waals surface area contributed by atoms with E-state index in [1.165, 1.54) is 0 Å². The number of hydrogen-bond acceptors (Lipinski definition) is 5. The van der Waals surface area contributed by atoms with E-state index in [9.17, 15) is 0 Å². The molecule has 7 heteroatoms. The van der Waals surface area contributed by atoms with E-state index in [1.54, 1.807) is 36.4 Å². The van der Waals surface area contributed by atoms with Gasteiger partial charge >= 0.3 is 0 Å². The van der Waals surface area contributed by atoms with Gasteiger partial charge in [0.05, 0.1) is 13.4 Å². The number of allylic oxidation sites excluding steroid dienone is 1. The summed E-state index contributed by atoms with van der Waals surface area (Å²) in [5.41, 5.74) is 0.880. The first-order chi connectivity index (χ1) is 11.3. The van der Waals surface area contributed by atoms with Crippen molar-refractivity contribution in [3.8, 4) is 17.1 Å². The van der Waals surface area contributed by atoms with E-state index in [-0.39, 0.29) is 0 Å². The molecule has 23 heavy (non-hydrogen) atoms. The van der Waals surface area contributed by atoms with Gasteiger partial charge in [-0.25, -0.2) is 5.10 Å². The van der Waals surface area contributed by atoms with Crippen molar-refractivity contribution in [1.29, 1.82) is 0 Å². The van der Waals surface area contributed by atoms with E-state index in [4.69, 9.17) is 21.4 Å². The minimum Gasteiger partial charge on any atom is -0.497 e. The molecule has 1 N–H and O–H groups in total. The molecule has 0 atom stereocenters. The highest BCUT2D eigenvalue weighted by Gasteiger charge is 2.07. The van der Waals surface area contributed by atoms with Gasteiger partial charge in [0, 0.05) is 11.8 Å². The van der Waals surface area contributed by atoms with Gasteiger partial charge in [-0.1, -0.05) is 0 Å². The molecular formula is C16H14N4O2S. The highest BCUT2D eigenvalue weighted by atomic mass is 32.1. The second kappa shape index (κ2) is 6.89. The maximum absolute atomic E-state index is 5.21. The summed E-state index contributed by atoms with van der Waals surface area (Å²) in [5, 5.41) is 11.3. The number of H-pyrrole nitrogens is 1. The van der Waals surface area contributed by atoms with Gasteiger partial charge in [0.25, 0.3) is 0 Å². The van der Waals surface area contributed by atoms with Gasteiger partial charge in [0.15, 0.2) is 5.82 Å². The Balaban J connectivity index is 1.85. The Bertz CT molecular complexity index is 874. The summed E-state index contributed by atoms with van der Waals surface area (Å²) in [6, 6.07) is 11.2. The average Bonchev–Trinajstić information content (AvgIpc) is 3.22. The molecule has 0 aliphatic carbocycles. The van der Waals surface area contributed by atoms with Crippen molar-refractivity contribution < 1.29 is 9.15 Å². The largest absolute Gasteiger partial charge is 0.497 e. The minimum absolute atomic E-state index is 0.415. The van der Waals surface area contributed by atoms with Crippen LogP contribution in [0.2, 0.25) is 0 Å². The van der Waals surface area contributed by atoms with Gasteiger partial charge in [-0.15, -0.1) is 0 Å². The van der Waals surface area contributed by atoms with Crippen LogP contribution in [0.25, 0.3) is 17.5 Å². The van der Waals surface area contributed by atoms with Crippen LogP contribution in [-0.4, -0.2) is 28.2 Å². The van der Waals surface area contributed by atoms with Crippen LogP contribution in [0.4, 0.5) is 0 Å². The van der Waals surface area contributed by atoms with Crippen LogP contribution in [0, 0.1) is 4.77 Å². The molecule has 1 aromatic carbocycles. The molecule has 0 spiro atoms. The first-order valence-electron chi connectivity index (χ1n) is 6.84. The zero-order chi connectivity index (χ0) is 16.1. The quantitative estimate of drug-likeness (QED) is 0.572. The number of nitrogens with one attached hydrogen (secondary N) is 1. The minimum atomic E-state index is 0.415. The third kappa shape index (κ3) is 3.46. The lowest BCUT2D eigenvalue weighted by Gasteiger charge is -2.02. The normalized spacial score (nSPS) is 11.5. The highest BCUT2D eigenvalue weighted by Crippen LogP contribution is 2.20. The smallest absolute Gasteiger partial charge is 0.216 e. The van der Waals surface area contributed by atoms with Crippen molar-refractivity contribution in [3.63, 3.8) is 0 Å². The maximum atomic E-state index is 5.21. The number of hydrogen-bond donors (Lipinski definition) is 1. The highest BCUT2D eigenvalue weighted by molar-refractivity contribution is 7.71. The second-order valence-corrected chi connectivity index (χ2v) is 4.92. The SMILES string of the molecule is COc1ccc(-c2n[nH]c(=S)n2/N=C\C=C\c2ccco2)cc1. The molecule has 3 rings (SSSR count). The molecule has 0 aliphatic heterocycles. The molecule has 0 saturated heterocycles. The Labute approximate surface area is 137 Å². The number of rotatable bonds is 5. The Morgan fingerprint density at radius 2 is 2.13 bits per heavy atom. The van der Waals surface area contributed by atoms with Gasteiger partial charge in [0.2, 0.25) is 4.77 Å². The molecule has 0 fully saturated rings. The predicted octanol–water partition coefficient (Wildman–Crippen LogP) is 3.76. The molecular weight excluding hydrogens is 312 g/mol. The molecule has 116 valence electrons. The summed E-state index contributed by atoms with van der Waals surface area (Å²) in [7, 11) is 1.63. The lowest BCUT2D eigenvalue weighted by Crippen LogP contribution is -1.93. The second-order valence-electron chi connectivity index (χ2n) is 4.53. The topological polar surface area (TPSA) is 68.3 Å². The van der Waals surface area contributed by atoms with Crippen molar-refractivity contribution in [2.24, 2.45) is 5.10 Å². The Kier molecular flexibility index (Phi) is 4.49. The Morgan fingerprint density at radius 3 is 2.83 bits per heavy atom. The molecule has 0 radical (unpaired) electrons. The third-order valence-electron chi connectivity index (χ3n) is 3.07. The van der Waals surface area contributed by atoms with Gasteiger partial charge in [-0.3, -0.25) is 0 Å². The van der Waals surface area contributed by atoms with E-state index in [1.807, 2.05) is 36.4 Å². The van der Waals surface area contributed by atoms with E-state index in [0.717, 1.165) is 17.1 Å². The summed E-state index contributed by atoms with van der Waals surface area (Å²) < 4.78 is 12.3. The van der Waals surface area contributed by atoms with Gasteiger partial charge in [0.1, 0.15) is 11.5 Å². The number of aromatic amines is 1. The van der Waals surface area contributed by atoms with Crippen molar-refractivity contribution in [3.05, 3.63) is 59.3 Å². The number of aromatic nitrogens is 3. The maximum Gasteiger partial charge on any atom is 0.216 e. The van der Waals surface area contributed by atoms with Crippen LogP contribution in [0.1, 0.15) is 5.76 Å².